The molecule has 0 heterocycles. The second-order valence-electron chi connectivity index (χ2n) is 2.60. The van der Waals surface area contributed by atoms with Gasteiger partial charge in [0.05, 0.1) is 0 Å². The van der Waals surface area contributed by atoms with Crippen LogP contribution in [0.15, 0.2) is 42.4 Å². The third-order valence-corrected chi connectivity index (χ3v) is 1.48. The summed E-state index contributed by atoms with van der Waals surface area (Å²) in [4.78, 5) is 10.1. The van der Waals surface area contributed by atoms with Crippen LogP contribution in [-0.2, 0) is 16.1 Å². The van der Waals surface area contributed by atoms with Crippen molar-refractivity contribution >= 4 is 5.97 Å². The molecule has 1 aromatic rings. The molecule has 1 rings (SSSR count). The average Bonchev–Trinajstić information content (AvgIpc) is 2.15. The van der Waals surface area contributed by atoms with Crippen LogP contribution in [0, 0.1) is 0 Å². The molecule has 2 N–H and O–H groups in total. The second-order valence-corrected chi connectivity index (χ2v) is 2.60. The van der Waals surface area contributed by atoms with Gasteiger partial charge in [-0.1, -0.05) is 30.3 Å². The Morgan fingerprint density at radius 1 is 1.29 bits per heavy atom. The summed E-state index contributed by atoms with van der Waals surface area (Å²) in [5.41, 5.74) is 0.859. The third kappa shape index (κ3) is 3.62. The van der Waals surface area contributed by atoms with Gasteiger partial charge in [0.2, 0.25) is 0 Å². The Morgan fingerprint density at radius 2 is 1.93 bits per heavy atom. The van der Waals surface area contributed by atoms with Gasteiger partial charge in [0.1, 0.15) is 12.7 Å². The standard InChI is InChI=1S/C10H10O4/c11-9(12)6-10(13)14-7-8-4-2-1-3-5-8/h1-6,13H,7H2,(H,11,12). The maximum absolute atomic E-state index is 10.1. The molecule has 0 aliphatic carbocycles. The summed E-state index contributed by atoms with van der Waals surface area (Å²) in [6.07, 6.45) is 0.600. The molecule has 0 aromatic heterocycles. The van der Waals surface area contributed by atoms with Gasteiger partial charge in [0.25, 0.3) is 5.95 Å². The van der Waals surface area contributed by atoms with Crippen molar-refractivity contribution in [2.75, 3.05) is 0 Å². The summed E-state index contributed by atoms with van der Waals surface area (Å²) in [7, 11) is 0. The predicted molar refractivity (Wildman–Crippen MR) is 49.6 cm³/mol. The maximum Gasteiger partial charge on any atom is 0.335 e. The minimum absolute atomic E-state index is 0.149. The Hall–Kier alpha value is -1.97. The summed E-state index contributed by atoms with van der Waals surface area (Å²) in [5.74, 6) is -1.84. The van der Waals surface area contributed by atoms with E-state index in [0.29, 0.717) is 6.08 Å². The van der Waals surface area contributed by atoms with E-state index in [9.17, 15) is 4.79 Å². The molecule has 0 aliphatic rings. The van der Waals surface area contributed by atoms with Crippen molar-refractivity contribution in [3.63, 3.8) is 0 Å². The molecule has 4 heteroatoms. The average molecular weight is 194 g/mol. The normalized spacial score (nSPS) is 11.0. The highest BCUT2D eigenvalue weighted by Crippen LogP contribution is 2.03. The van der Waals surface area contributed by atoms with E-state index in [4.69, 9.17) is 14.9 Å². The zero-order chi connectivity index (χ0) is 10.4. The number of carboxylic acids is 1. The van der Waals surface area contributed by atoms with E-state index in [1.807, 2.05) is 30.3 Å². The lowest BCUT2D eigenvalue weighted by Gasteiger charge is -2.03. The molecule has 74 valence electrons. The zero-order valence-electron chi connectivity index (χ0n) is 7.38. The summed E-state index contributed by atoms with van der Waals surface area (Å²) in [5, 5.41) is 17.2. The van der Waals surface area contributed by atoms with E-state index in [1.165, 1.54) is 0 Å². The van der Waals surface area contributed by atoms with E-state index in [1.54, 1.807) is 0 Å². The number of aliphatic carboxylic acids is 1. The highest BCUT2D eigenvalue weighted by molar-refractivity contribution is 5.79. The Morgan fingerprint density at radius 3 is 2.50 bits per heavy atom. The lowest BCUT2D eigenvalue weighted by molar-refractivity contribution is -0.131. The lowest BCUT2D eigenvalue weighted by atomic mass is 10.2. The number of hydrogen-bond donors (Lipinski definition) is 2. The van der Waals surface area contributed by atoms with Crippen molar-refractivity contribution in [1.82, 2.24) is 0 Å². The van der Waals surface area contributed by atoms with Gasteiger partial charge < -0.3 is 14.9 Å². The summed E-state index contributed by atoms with van der Waals surface area (Å²) >= 11 is 0. The maximum atomic E-state index is 10.1. The Labute approximate surface area is 81.1 Å². The van der Waals surface area contributed by atoms with E-state index >= 15 is 0 Å². The van der Waals surface area contributed by atoms with Crippen LogP contribution < -0.4 is 0 Å². The number of hydrogen-bond acceptors (Lipinski definition) is 3. The molecule has 0 fully saturated rings. The van der Waals surface area contributed by atoms with Crippen LogP contribution in [0.25, 0.3) is 0 Å². The Kier molecular flexibility index (Phi) is 3.55. The van der Waals surface area contributed by atoms with Crippen LogP contribution >= 0.6 is 0 Å². The van der Waals surface area contributed by atoms with Crippen LogP contribution in [0.2, 0.25) is 0 Å². The molecular weight excluding hydrogens is 184 g/mol. The number of aliphatic hydroxyl groups excluding tert-OH is 1. The van der Waals surface area contributed by atoms with Crippen LogP contribution in [-0.4, -0.2) is 16.2 Å². The molecule has 0 aliphatic heterocycles. The van der Waals surface area contributed by atoms with E-state index in [0.717, 1.165) is 5.56 Å². The van der Waals surface area contributed by atoms with Crippen LogP contribution in [0.1, 0.15) is 5.56 Å². The fourth-order valence-corrected chi connectivity index (χ4v) is 0.879. The molecule has 0 atom stereocenters. The molecule has 0 saturated carbocycles. The van der Waals surface area contributed by atoms with Gasteiger partial charge in [-0.2, -0.15) is 0 Å². The van der Waals surface area contributed by atoms with Gasteiger partial charge >= 0.3 is 5.97 Å². The third-order valence-electron chi connectivity index (χ3n) is 1.48. The Bertz CT molecular complexity index is 329. The fourth-order valence-electron chi connectivity index (χ4n) is 0.879. The summed E-state index contributed by atoms with van der Waals surface area (Å²) < 4.78 is 4.77. The van der Waals surface area contributed by atoms with Crippen LogP contribution in [0.5, 0.6) is 0 Å². The van der Waals surface area contributed by atoms with Gasteiger partial charge in [0, 0.05) is 0 Å². The zero-order valence-corrected chi connectivity index (χ0v) is 7.38. The van der Waals surface area contributed by atoms with E-state index in [-0.39, 0.29) is 6.61 Å². The highest BCUT2D eigenvalue weighted by atomic mass is 16.6. The molecular formula is C10H10O4. The topological polar surface area (TPSA) is 66.8 Å². The summed E-state index contributed by atoms with van der Waals surface area (Å²) in [6.45, 7) is 0.149. The van der Waals surface area contributed by atoms with Crippen molar-refractivity contribution in [1.29, 1.82) is 0 Å². The predicted octanol–water partition coefficient (Wildman–Crippen LogP) is 1.69. The van der Waals surface area contributed by atoms with Crippen molar-refractivity contribution in [2.45, 2.75) is 6.61 Å². The minimum Gasteiger partial charge on any atom is -0.481 e. The number of ether oxygens (including phenoxy) is 1. The van der Waals surface area contributed by atoms with E-state index < -0.39 is 11.9 Å². The highest BCUT2D eigenvalue weighted by Gasteiger charge is 1.98. The molecule has 4 nitrogen and oxygen atoms in total. The molecule has 14 heavy (non-hydrogen) atoms. The van der Waals surface area contributed by atoms with Crippen molar-refractivity contribution in [3.05, 3.63) is 47.9 Å². The van der Waals surface area contributed by atoms with Crippen molar-refractivity contribution in [3.8, 4) is 0 Å². The molecule has 1 aromatic carbocycles. The smallest absolute Gasteiger partial charge is 0.335 e. The molecule has 0 amide bonds. The first-order valence-electron chi connectivity index (χ1n) is 3.99. The molecule has 0 bridgehead atoms. The van der Waals surface area contributed by atoms with Gasteiger partial charge in [-0.25, -0.2) is 4.79 Å². The SMILES string of the molecule is O=C(O)C=C(O)OCc1ccccc1. The molecule has 0 spiro atoms. The van der Waals surface area contributed by atoms with Crippen LogP contribution in [0.3, 0.4) is 0 Å². The number of carbonyl (C=O) groups is 1. The molecule has 0 radical (unpaired) electrons. The first-order valence-corrected chi connectivity index (χ1v) is 3.99. The quantitative estimate of drug-likeness (QED) is 0.565. The van der Waals surface area contributed by atoms with Gasteiger partial charge in [-0.3, -0.25) is 0 Å². The van der Waals surface area contributed by atoms with E-state index in [2.05, 4.69) is 0 Å². The first kappa shape index (κ1) is 10.1. The summed E-state index contributed by atoms with van der Waals surface area (Å²) in [6, 6.07) is 9.14. The fraction of sp³-hybridized carbons (Fsp3) is 0.100. The second kappa shape index (κ2) is 4.91. The van der Waals surface area contributed by atoms with Gasteiger partial charge in [-0.15, -0.1) is 0 Å². The monoisotopic (exact) mass is 194 g/mol. The van der Waals surface area contributed by atoms with Crippen LogP contribution in [0.4, 0.5) is 0 Å². The minimum atomic E-state index is -1.24. The number of carboxylic acid groups (broad SMARTS) is 1. The van der Waals surface area contributed by atoms with Crippen molar-refractivity contribution in [2.24, 2.45) is 0 Å². The number of rotatable bonds is 4. The van der Waals surface area contributed by atoms with Crippen molar-refractivity contribution < 1.29 is 19.7 Å². The largest absolute Gasteiger partial charge is 0.481 e. The molecule has 0 unspecified atom stereocenters. The van der Waals surface area contributed by atoms with Gasteiger partial charge in [-0.05, 0) is 5.56 Å². The van der Waals surface area contributed by atoms with Gasteiger partial charge in [0.15, 0.2) is 0 Å². The number of aliphatic hydroxyl groups is 1. The number of benzene rings is 1. The molecule has 0 saturated heterocycles. The Balaban J connectivity index is 2.45. The first-order chi connectivity index (χ1) is 6.68. The lowest BCUT2D eigenvalue weighted by Crippen LogP contribution is -1.97.